The zero-order valence-electron chi connectivity index (χ0n) is 68.5. The minimum atomic E-state index is -4.74. The van der Waals surface area contributed by atoms with Gasteiger partial charge in [-0.3, -0.25) is 28.2 Å². The molecule has 9 unspecified atom stereocenters. The second kappa shape index (κ2) is 89.8. The van der Waals surface area contributed by atoms with Crippen molar-refractivity contribution in [2.24, 2.45) is 0 Å². The number of unbranched alkanes of at least 4 members (excludes halogenated alkanes) is 28. The third-order valence-electron chi connectivity index (χ3n) is 15.9. The molecular formula is C61H113O64P. The topological polar surface area (TPSA) is 718 Å². The Morgan fingerprint density at radius 2 is 0.706 bits per heavy atom. The lowest BCUT2D eigenvalue weighted by atomic mass is 9.96. The first-order valence-electron chi connectivity index (χ1n) is 39.1. The van der Waals surface area contributed by atoms with Crippen LogP contribution in [0.3, 0.4) is 0 Å². The van der Waals surface area contributed by atoms with Gasteiger partial charge in [0.25, 0.3) is 0 Å². The molecule has 746 valence electrons. The van der Waals surface area contributed by atoms with Crippen LogP contribution in [0.25, 0.3) is 0 Å². The summed E-state index contributed by atoms with van der Waals surface area (Å²) in [7, 11) is -4.74. The third-order valence-corrected chi connectivity index (χ3v) is 16.9. The maximum absolute atomic E-state index is 12.9. The van der Waals surface area contributed by atoms with Gasteiger partial charge in [-0.2, -0.15) is 0 Å². The molecule has 11 atom stereocenters. The first kappa shape index (κ1) is 120. The number of Topliss-reactive ketones (excluding diaryl/α,β-unsaturated/α-hetero) is 1. The average Bonchev–Trinajstić information content (AvgIpc) is 0.804. The fourth-order valence-electron chi connectivity index (χ4n) is 10.0. The number of carbonyl (C=O) groups is 4. The molecule has 0 aromatic carbocycles. The molecule has 1 fully saturated rings. The zero-order chi connectivity index (χ0) is 91.8. The molecule has 0 aromatic rings. The summed E-state index contributed by atoms with van der Waals surface area (Å²) in [6, 6.07) is 0. The molecule has 1 saturated heterocycles. The lowest BCUT2D eigenvalue weighted by Gasteiger charge is -2.42. The van der Waals surface area contributed by atoms with E-state index in [1.54, 1.807) is 6.92 Å². The molecule has 0 bridgehead atoms. The van der Waals surface area contributed by atoms with Crippen molar-refractivity contribution in [2.45, 2.75) is 313 Å². The summed E-state index contributed by atoms with van der Waals surface area (Å²) in [4.78, 5) is 69.2. The highest BCUT2D eigenvalue weighted by Gasteiger charge is 2.47. The van der Waals surface area contributed by atoms with Crippen LogP contribution in [0.15, 0.2) is 12.3 Å². The first-order chi connectivity index (χ1) is 61.5. The van der Waals surface area contributed by atoms with Crippen molar-refractivity contribution < 1.29 is 318 Å². The summed E-state index contributed by atoms with van der Waals surface area (Å²) < 4.78 is 49.4. The molecule has 64 nitrogen and oxygen atoms in total. The van der Waals surface area contributed by atoms with Gasteiger partial charge in [0.1, 0.15) is 68.8 Å². The van der Waals surface area contributed by atoms with E-state index < -0.39 is 132 Å². The van der Waals surface area contributed by atoms with Gasteiger partial charge in [-0.05, 0) is 72.1 Å². The number of phosphoric acid groups is 1. The molecule has 1 heterocycles. The molecule has 126 heavy (non-hydrogen) atoms. The van der Waals surface area contributed by atoms with Gasteiger partial charge in [0, 0.05) is 197 Å². The van der Waals surface area contributed by atoms with E-state index in [1.165, 1.54) is 128 Å². The normalized spacial score (nSPS) is 17.2. The molecule has 0 aromatic heterocycles. The number of hydrogen-bond acceptors (Lipinski definition) is 63. The predicted octanol–water partition coefficient (Wildman–Crippen LogP) is 6.65. The average molecular weight is 1900 g/mol. The monoisotopic (exact) mass is 1900 g/mol. The van der Waals surface area contributed by atoms with E-state index in [2.05, 4.69) is 235 Å². The largest absolute Gasteiger partial charge is 0.472 e. The van der Waals surface area contributed by atoms with E-state index in [-0.39, 0.29) is 38.7 Å². The zero-order valence-corrected chi connectivity index (χ0v) is 69.4. The van der Waals surface area contributed by atoms with Crippen molar-refractivity contribution in [2.75, 3.05) is 39.6 Å². The van der Waals surface area contributed by atoms with Gasteiger partial charge in [0.05, 0.1) is 25.9 Å². The van der Waals surface area contributed by atoms with E-state index in [9.17, 15) is 64.4 Å². The highest BCUT2D eigenvalue weighted by molar-refractivity contribution is 7.47. The molecule has 0 spiro atoms. The number of aliphatic hydroxyl groups is 7. The summed E-state index contributed by atoms with van der Waals surface area (Å²) in [6.07, 6.45) is 18.5. The van der Waals surface area contributed by atoms with Crippen LogP contribution in [0, 0.1) is 0 Å². The van der Waals surface area contributed by atoms with Crippen LogP contribution in [0.2, 0.25) is 0 Å². The third kappa shape index (κ3) is 75.2. The van der Waals surface area contributed by atoms with Crippen LogP contribution < -0.4 is 0 Å². The number of carbonyl (C=O) groups excluding carboxylic acids is 4. The lowest BCUT2D eigenvalue weighted by molar-refractivity contribution is -0.909. The Labute approximate surface area is 713 Å². The summed E-state index contributed by atoms with van der Waals surface area (Å²) in [5.41, 5.74) is 0. The fourth-order valence-corrected chi connectivity index (χ4v) is 10.8. The smallest absolute Gasteiger partial charge is 0.463 e. The Morgan fingerprint density at radius 3 is 1.07 bits per heavy atom. The van der Waals surface area contributed by atoms with Crippen LogP contribution in [-0.4, -0.2) is 165 Å². The quantitative estimate of drug-likeness (QED) is 0.00601. The van der Waals surface area contributed by atoms with Crippen molar-refractivity contribution in [1.82, 2.24) is 0 Å². The number of hydrogen-bond donors (Lipinski definition) is 8. The van der Waals surface area contributed by atoms with Gasteiger partial charge in [-0.15, -0.1) is 0 Å². The number of rotatable bonds is 100. The molecule has 1 aliphatic heterocycles. The van der Waals surface area contributed by atoms with Crippen molar-refractivity contribution in [3.8, 4) is 0 Å². The number of allylic oxidation sites excluding steroid dienone is 1. The maximum atomic E-state index is 12.9. The van der Waals surface area contributed by atoms with Crippen LogP contribution in [0.1, 0.15) is 252 Å². The SMILES string of the molecule is CCCCCCCCCCCCCCCCCC(=O)OCC(COP(=O)(O)OCCCC(=O)OCCOOOOOOOOOOOOOOOOOOOOOOOOOOOOOOOOOOOOOOOOOOOO/C=C\CC(=O)C(O)C(O)C(OC1OC(CC)C(O)C(O)[C@H]1O)[C@@H](O)CO)OC(=O)CCCCCCCCCCCCCCCCC. The Balaban J connectivity index is 1.95. The Kier molecular flexibility index (Phi) is 85.3. The van der Waals surface area contributed by atoms with Crippen LogP contribution in [0.5, 0.6) is 0 Å². The van der Waals surface area contributed by atoms with Gasteiger partial charge in [0.2, 0.25) is 0 Å². The standard InChI is InChI=1S/C61H113O64P/c1-4-7-9-11-13-15-17-19-21-23-25-27-29-31-33-38-53(66)76-46-48(81-54(67)39-34-32-30-28-26-24-22-20-18-16-14-12-10-8-5-2)47-80-126(73,74)79-42-36-40-52(65)75-43-44-78-85-87-89-91-93-95-97-99-101-103-105-107-109-111-113-115-117-119-121-123-125-124-122-120-118-116-114-112-110-108-106-104-102-100-98-96-94-92-90-88-86-84-77-41-35-37-49(63)55(68)58(71)60(50(64)45-62)83-61-59(72)57(70)56(69)51(6-3)82-61/h35,41,48,50-51,55-62,64,68-72H,4-34,36-40,42-47H2,1-3H3,(H,73,74)/b41-35-/t48?,50-,51?,55?,56?,57?,58?,59+,60?,61?/m0/s1. The van der Waals surface area contributed by atoms with Gasteiger partial charge >= 0.3 is 25.7 Å². The van der Waals surface area contributed by atoms with E-state index in [0.717, 1.165) is 57.4 Å². The summed E-state index contributed by atoms with van der Waals surface area (Å²) in [5, 5.41) is 223. The molecule has 0 radical (unpaired) electrons. The molecule has 8 N–H and O–H groups in total. The van der Waals surface area contributed by atoms with Crippen molar-refractivity contribution >= 4 is 31.5 Å². The highest BCUT2D eigenvalue weighted by atomic mass is 31.2. The Hall–Kier alpha value is -4.35. The van der Waals surface area contributed by atoms with Gasteiger partial charge in [-0.1, -0.05) is 201 Å². The highest BCUT2D eigenvalue weighted by Crippen LogP contribution is 2.43. The van der Waals surface area contributed by atoms with E-state index >= 15 is 0 Å². The van der Waals surface area contributed by atoms with Crippen molar-refractivity contribution in [3.05, 3.63) is 12.3 Å². The predicted molar refractivity (Wildman–Crippen MR) is 360 cm³/mol. The van der Waals surface area contributed by atoms with Gasteiger partial charge in [0.15, 0.2) is 18.2 Å². The van der Waals surface area contributed by atoms with Crippen molar-refractivity contribution in [3.63, 3.8) is 0 Å². The van der Waals surface area contributed by atoms with E-state index in [1.807, 2.05) is 0 Å². The molecule has 1 aliphatic rings. The van der Waals surface area contributed by atoms with Gasteiger partial charge < -0.3 is 69.2 Å². The number of aliphatic hydroxyl groups excluding tert-OH is 7. The van der Waals surface area contributed by atoms with Crippen LogP contribution in [0.4, 0.5) is 0 Å². The van der Waals surface area contributed by atoms with E-state index in [0.29, 0.717) is 19.1 Å². The Bertz CT molecular complexity index is 2480. The van der Waals surface area contributed by atoms with Gasteiger partial charge in [-0.25, -0.2) is 9.45 Å². The molecule has 0 saturated carbocycles. The van der Waals surface area contributed by atoms with Crippen LogP contribution >= 0.6 is 7.82 Å². The summed E-state index contributed by atoms with van der Waals surface area (Å²) in [6.45, 7) is 2.74. The molecule has 0 amide bonds. The van der Waals surface area contributed by atoms with Crippen molar-refractivity contribution in [1.29, 1.82) is 0 Å². The summed E-state index contributed by atoms with van der Waals surface area (Å²) >= 11 is 0. The second-order valence-electron chi connectivity index (χ2n) is 25.1. The second-order valence-corrected chi connectivity index (χ2v) is 26.6. The number of phosphoric ester groups is 1. The number of esters is 3. The van der Waals surface area contributed by atoms with E-state index in [4.69, 9.17) is 32.7 Å². The molecule has 1 rings (SSSR count). The molecule has 0 aliphatic carbocycles. The number of ketones is 1. The first-order valence-corrected chi connectivity index (χ1v) is 40.6. The summed E-state index contributed by atoms with van der Waals surface area (Å²) in [5.74, 6) is -2.93. The molecule has 65 heteroatoms. The van der Waals surface area contributed by atoms with Crippen LogP contribution in [-0.2, 0) is 278 Å². The fraction of sp³-hybridized carbons (Fsp3) is 0.902. The minimum Gasteiger partial charge on any atom is -0.463 e. The Morgan fingerprint density at radius 1 is 0.373 bits per heavy atom. The minimum absolute atomic E-state index is 0.0837. The lowest BCUT2D eigenvalue weighted by Crippen LogP contribution is -2.61. The number of ether oxygens (including phenoxy) is 5. The maximum Gasteiger partial charge on any atom is 0.472 e. The molecular weight excluding hydrogens is 1790 g/mol.